The average molecular weight is 98.1 g/mol. The van der Waals surface area contributed by atoms with Crippen molar-refractivity contribution in [3.05, 3.63) is 18.9 Å². The summed E-state index contributed by atoms with van der Waals surface area (Å²) in [5.74, 6) is 0. The van der Waals surface area contributed by atoms with E-state index in [1.54, 1.807) is 0 Å². The fraction of sp³-hybridized carbons (Fsp3) is 0.500. The molecule has 0 N–H and O–H groups in total. The minimum atomic E-state index is 0.583. The largest absolute Gasteiger partial charge is 0.373 e. The average Bonchev–Trinajstić information content (AvgIpc) is 2.25. The topological polar surface area (TPSA) is 12.5 Å². The minimum absolute atomic E-state index is 0.583. The Morgan fingerprint density at radius 1 is 1.71 bits per heavy atom. The third-order valence-corrected chi connectivity index (χ3v) is 0.500. The van der Waals surface area contributed by atoms with Crippen LogP contribution in [0.1, 0.15) is 6.92 Å². The Kier molecular flexibility index (Phi) is 3.39. The molecule has 0 radical (unpaired) electrons. The van der Waals surface area contributed by atoms with Gasteiger partial charge in [-0.2, -0.15) is 0 Å². The molecule has 1 heterocycles. The summed E-state index contributed by atoms with van der Waals surface area (Å²) in [5, 5.41) is 0. The molecule has 0 amide bonds. The van der Waals surface area contributed by atoms with Gasteiger partial charge in [0.1, 0.15) is 0 Å². The second-order valence-electron chi connectivity index (χ2n) is 1.39. The van der Waals surface area contributed by atoms with Crippen LogP contribution in [0.25, 0.3) is 0 Å². The van der Waals surface area contributed by atoms with Crippen molar-refractivity contribution in [3.63, 3.8) is 0 Å². The van der Waals surface area contributed by atoms with E-state index in [1.165, 1.54) is 0 Å². The zero-order chi connectivity index (χ0) is 5.70. The molecule has 0 aromatic carbocycles. The third kappa shape index (κ3) is 10.8. The highest BCUT2D eigenvalue weighted by Crippen LogP contribution is 2.04. The van der Waals surface area contributed by atoms with Crippen molar-refractivity contribution in [3.8, 4) is 0 Å². The quantitative estimate of drug-likeness (QED) is 0.329. The monoisotopic (exact) mass is 98.1 g/mol. The number of rotatable bonds is 0. The predicted octanol–water partition coefficient (Wildman–Crippen LogP) is 1.36. The molecular weight excluding hydrogens is 88.1 g/mol. The molecule has 0 bridgehead atoms. The Hall–Kier alpha value is -0.520. The van der Waals surface area contributed by atoms with Gasteiger partial charge < -0.3 is 4.74 Å². The Bertz CT molecular complexity index is 66.2. The summed E-state index contributed by atoms with van der Waals surface area (Å²) in [5.41, 5.74) is 2.25. The molecule has 0 aliphatic carbocycles. The lowest BCUT2D eigenvalue weighted by Crippen LogP contribution is -1.60. The zero-order valence-corrected chi connectivity index (χ0v) is 4.61. The van der Waals surface area contributed by atoms with Gasteiger partial charge in [-0.1, -0.05) is 13.2 Å². The van der Waals surface area contributed by atoms with Gasteiger partial charge in [0.05, 0.1) is 12.7 Å². The van der Waals surface area contributed by atoms with E-state index < -0.39 is 0 Å². The van der Waals surface area contributed by atoms with E-state index in [1.807, 2.05) is 0 Å². The Morgan fingerprint density at radius 2 is 1.86 bits per heavy atom. The van der Waals surface area contributed by atoms with Gasteiger partial charge in [-0.05, 0) is 6.92 Å². The third-order valence-electron chi connectivity index (χ3n) is 0.500. The fourth-order valence-corrected chi connectivity index (χ4v) is 0.0962. The van der Waals surface area contributed by atoms with Gasteiger partial charge in [0.2, 0.25) is 0 Å². The van der Waals surface area contributed by atoms with Gasteiger partial charge >= 0.3 is 0 Å². The molecule has 1 rings (SSSR count). The lowest BCUT2D eigenvalue weighted by Gasteiger charge is -1.50. The van der Waals surface area contributed by atoms with E-state index >= 15 is 0 Å². The van der Waals surface area contributed by atoms with Crippen molar-refractivity contribution < 1.29 is 4.74 Å². The maximum Gasteiger partial charge on any atom is 0.0781 e. The van der Waals surface area contributed by atoms with Crippen molar-refractivity contribution in [2.45, 2.75) is 13.0 Å². The van der Waals surface area contributed by atoms with Crippen LogP contribution in [0, 0.1) is 0 Å². The molecule has 1 atom stereocenters. The smallest absolute Gasteiger partial charge is 0.0781 e. The Morgan fingerprint density at radius 3 is 1.86 bits per heavy atom. The van der Waals surface area contributed by atoms with Crippen molar-refractivity contribution >= 4 is 0 Å². The SMILES string of the molecule is C=C=C.CC1CO1. The molecular formula is C6H10O. The Labute approximate surface area is 44.3 Å². The first kappa shape index (κ1) is 6.48. The molecule has 1 aliphatic heterocycles. The van der Waals surface area contributed by atoms with Crippen LogP contribution in [-0.2, 0) is 4.74 Å². The number of ether oxygens (including phenoxy) is 1. The van der Waals surface area contributed by atoms with E-state index in [0.717, 1.165) is 6.61 Å². The number of hydrogen-bond acceptors (Lipinski definition) is 1. The van der Waals surface area contributed by atoms with Gasteiger partial charge in [0.15, 0.2) is 0 Å². The molecule has 1 heteroatoms. The highest BCUT2D eigenvalue weighted by molar-refractivity contribution is 4.58. The second-order valence-corrected chi connectivity index (χ2v) is 1.39. The molecule has 0 saturated carbocycles. The van der Waals surface area contributed by atoms with Gasteiger partial charge in [0, 0.05) is 0 Å². The normalized spacial score (nSPS) is 23.9. The molecule has 1 aliphatic rings. The highest BCUT2D eigenvalue weighted by atomic mass is 16.6. The molecule has 0 spiro atoms. The van der Waals surface area contributed by atoms with Crippen LogP contribution in [0.5, 0.6) is 0 Å². The summed E-state index contributed by atoms with van der Waals surface area (Å²) in [7, 11) is 0. The van der Waals surface area contributed by atoms with E-state index in [4.69, 9.17) is 4.74 Å². The van der Waals surface area contributed by atoms with E-state index in [2.05, 4.69) is 25.8 Å². The van der Waals surface area contributed by atoms with E-state index in [0.29, 0.717) is 6.10 Å². The van der Waals surface area contributed by atoms with Crippen LogP contribution < -0.4 is 0 Å². The van der Waals surface area contributed by atoms with Crippen LogP contribution in [0.3, 0.4) is 0 Å². The lowest BCUT2D eigenvalue weighted by atomic mass is 10.6. The maximum absolute atomic E-state index is 4.71. The van der Waals surface area contributed by atoms with Crippen LogP contribution in [0.2, 0.25) is 0 Å². The summed E-state index contributed by atoms with van der Waals surface area (Å²) in [6, 6.07) is 0. The van der Waals surface area contributed by atoms with Crippen LogP contribution >= 0.6 is 0 Å². The summed E-state index contributed by atoms with van der Waals surface area (Å²) < 4.78 is 4.71. The van der Waals surface area contributed by atoms with Gasteiger partial charge in [0.25, 0.3) is 0 Å². The molecule has 1 saturated heterocycles. The van der Waals surface area contributed by atoms with Crippen molar-refractivity contribution in [1.29, 1.82) is 0 Å². The zero-order valence-electron chi connectivity index (χ0n) is 4.61. The molecule has 40 valence electrons. The van der Waals surface area contributed by atoms with E-state index in [9.17, 15) is 0 Å². The summed E-state index contributed by atoms with van der Waals surface area (Å²) >= 11 is 0. The lowest BCUT2D eigenvalue weighted by molar-refractivity contribution is 0.423. The van der Waals surface area contributed by atoms with E-state index in [-0.39, 0.29) is 0 Å². The maximum atomic E-state index is 4.71. The van der Waals surface area contributed by atoms with Gasteiger partial charge in [-0.3, -0.25) is 0 Å². The number of hydrogen-bond donors (Lipinski definition) is 0. The molecule has 1 unspecified atom stereocenters. The predicted molar refractivity (Wildman–Crippen MR) is 30.2 cm³/mol. The van der Waals surface area contributed by atoms with Gasteiger partial charge in [-0.25, -0.2) is 0 Å². The molecule has 1 nitrogen and oxygen atoms in total. The second kappa shape index (κ2) is 3.66. The van der Waals surface area contributed by atoms with Crippen molar-refractivity contribution in [2.75, 3.05) is 6.61 Å². The summed E-state index contributed by atoms with van der Waals surface area (Å²) in [4.78, 5) is 0. The number of epoxide rings is 1. The van der Waals surface area contributed by atoms with Crippen LogP contribution in [0.4, 0.5) is 0 Å². The first-order valence-electron chi connectivity index (χ1n) is 2.22. The minimum Gasteiger partial charge on any atom is -0.373 e. The van der Waals surface area contributed by atoms with Gasteiger partial charge in [-0.15, -0.1) is 5.73 Å². The fourth-order valence-electron chi connectivity index (χ4n) is 0.0962. The van der Waals surface area contributed by atoms with Crippen molar-refractivity contribution in [1.82, 2.24) is 0 Å². The summed E-state index contributed by atoms with van der Waals surface area (Å²) in [6.45, 7) is 9.29. The Balaban J connectivity index is 0.000000110. The summed E-state index contributed by atoms with van der Waals surface area (Å²) in [6.07, 6.45) is 0.583. The molecule has 7 heavy (non-hydrogen) atoms. The van der Waals surface area contributed by atoms with Crippen molar-refractivity contribution in [2.24, 2.45) is 0 Å². The standard InChI is InChI=1S/C3H6O.C3H4/c1-3-2-4-3;1-3-2/h3H,2H2,1H3;1-2H2. The highest BCUT2D eigenvalue weighted by Gasteiger charge is 2.13. The molecule has 0 aromatic rings. The van der Waals surface area contributed by atoms with Crippen LogP contribution in [0.15, 0.2) is 18.9 Å². The molecule has 1 fully saturated rings. The first-order chi connectivity index (χ1) is 3.31. The molecule has 0 aromatic heterocycles. The van der Waals surface area contributed by atoms with Crippen LogP contribution in [-0.4, -0.2) is 12.7 Å². The first-order valence-corrected chi connectivity index (χ1v) is 2.22.